The van der Waals surface area contributed by atoms with E-state index in [1.807, 2.05) is 0 Å². The van der Waals surface area contributed by atoms with Gasteiger partial charge in [0.1, 0.15) is 5.84 Å². The molecule has 41 heavy (non-hydrogen) atoms. The van der Waals surface area contributed by atoms with Gasteiger partial charge in [-0.1, -0.05) is 17.7 Å². The lowest BCUT2D eigenvalue weighted by Crippen LogP contribution is -2.45. The van der Waals surface area contributed by atoms with Crippen LogP contribution in [0.15, 0.2) is 34.2 Å². The zero-order valence-electron chi connectivity index (χ0n) is 22.1. The van der Waals surface area contributed by atoms with Crippen molar-refractivity contribution in [3.05, 3.63) is 40.7 Å². The predicted octanol–water partition coefficient (Wildman–Crippen LogP) is 0.659. The maximum Gasteiger partial charge on any atom is 0.279 e. The van der Waals surface area contributed by atoms with E-state index in [1.54, 1.807) is 11.0 Å². The third kappa shape index (κ3) is 6.32. The lowest BCUT2D eigenvalue weighted by atomic mass is 9.86. The number of amides is 2. The molecule has 0 saturated carbocycles. The summed E-state index contributed by atoms with van der Waals surface area (Å²) in [7, 11) is -6.16. The Labute approximate surface area is 243 Å². The van der Waals surface area contributed by atoms with Gasteiger partial charge >= 0.3 is 0 Å². The fourth-order valence-corrected chi connectivity index (χ4v) is 8.79. The number of amidine groups is 1. The van der Waals surface area contributed by atoms with Crippen molar-refractivity contribution in [1.29, 1.82) is 0 Å². The first-order valence-corrected chi connectivity index (χ1v) is 16.9. The molecule has 1 spiro atoms. The molecule has 3 aliphatic heterocycles. The van der Waals surface area contributed by atoms with Crippen molar-refractivity contribution in [3.63, 3.8) is 0 Å². The Morgan fingerprint density at radius 3 is 2.56 bits per heavy atom. The molecule has 6 N–H and O–H groups in total. The largest absolute Gasteiger partial charge is 0.382 e. The van der Waals surface area contributed by atoms with Gasteiger partial charge < -0.3 is 21.7 Å². The number of likely N-dealkylation sites (tertiary alicyclic amines) is 1. The number of benzene rings is 1. The molecule has 2 amide bonds. The second kappa shape index (κ2) is 10.9. The van der Waals surface area contributed by atoms with Crippen LogP contribution in [0, 0.1) is 0 Å². The minimum atomic E-state index is -3.90. The molecular formula is C25H31ClN8O5S2. The van der Waals surface area contributed by atoms with Crippen LogP contribution in [0.5, 0.6) is 0 Å². The fourth-order valence-electron chi connectivity index (χ4n) is 5.38. The maximum absolute atomic E-state index is 13.3. The highest BCUT2D eigenvalue weighted by Crippen LogP contribution is 2.36. The second-order valence-corrected chi connectivity index (χ2v) is 15.4. The average Bonchev–Trinajstić information content (AvgIpc) is 3.47. The first-order valence-electron chi connectivity index (χ1n) is 13.0. The summed E-state index contributed by atoms with van der Waals surface area (Å²) in [5, 5.41) is 2.61. The molecule has 13 nitrogen and oxygen atoms in total. The molecule has 220 valence electrons. The normalized spacial score (nSPS) is 23.9. The molecular weight excluding hydrogens is 592 g/mol. The highest BCUT2D eigenvalue weighted by molar-refractivity contribution is 8.00. The molecule has 16 heteroatoms. The van der Waals surface area contributed by atoms with Gasteiger partial charge in [0.05, 0.1) is 10.4 Å². The molecule has 2 atom stereocenters. The number of halogens is 1. The summed E-state index contributed by atoms with van der Waals surface area (Å²) >= 11 is 5.88. The van der Waals surface area contributed by atoms with Crippen molar-refractivity contribution < 1.29 is 22.2 Å². The van der Waals surface area contributed by atoms with E-state index in [4.69, 9.17) is 28.1 Å². The monoisotopic (exact) mass is 622 g/mol. The van der Waals surface area contributed by atoms with Crippen LogP contribution in [0.3, 0.4) is 0 Å². The molecule has 0 radical (unpaired) electrons. The number of anilines is 2. The number of hydrogen-bond donors (Lipinski definition) is 4. The zero-order valence-corrected chi connectivity index (χ0v) is 24.5. The Hall–Kier alpha value is -3.27. The molecule has 5 rings (SSSR count). The number of piperidine rings is 1. The van der Waals surface area contributed by atoms with Crippen molar-refractivity contribution in [2.75, 3.05) is 36.1 Å². The van der Waals surface area contributed by atoms with Crippen molar-refractivity contribution in [1.82, 2.24) is 24.9 Å². The van der Waals surface area contributed by atoms with Crippen LogP contribution in [0.1, 0.15) is 53.0 Å². The summed E-state index contributed by atoms with van der Waals surface area (Å²) in [4.78, 5) is 40.1. The molecule has 2 fully saturated rings. The van der Waals surface area contributed by atoms with Gasteiger partial charge in [0.15, 0.2) is 22.5 Å². The lowest BCUT2D eigenvalue weighted by molar-refractivity contribution is 0.0672. The summed E-state index contributed by atoms with van der Waals surface area (Å²) in [6.45, 7) is 0.843. The molecule has 2 saturated heterocycles. The van der Waals surface area contributed by atoms with Crippen LogP contribution >= 0.6 is 11.6 Å². The maximum atomic E-state index is 13.3. The van der Waals surface area contributed by atoms with E-state index < -0.39 is 37.0 Å². The van der Waals surface area contributed by atoms with Gasteiger partial charge in [-0.25, -0.2) is 23.1 Å². The number of aliphatic imine (C=N–C) groups is 1. The van der Waals surface area contributed by atoms with Crippen LogP contribution < -0.4 is 21.5 Å². The van der Waals surface area contributed by atoms with Gasteiger partial charge in [0.25, 0.3) is 11.8 Å². The molecule has 4 heterocycles. The minimum absolute atomic E-state index is 0.0206. The van der Waals surface area contributed by atoms with Crippen LogP contribution in [0.25, 0.3) is 0 Å². The Morgan fingerprint density at radius 1 is 1.15 bits per heavy atom. The molecule has 2 aromatic rings. The zero-order chi connectivity index (χ0) is 29.6. The van der Waals surface area contributed by atoms with E-state index in [9.17, 15) is 22.2 Å². The van der Waals surface area contributed by atoms with E-state index >= 15 is 0 Å². The van der Waals surface area contributed by atoms with Crippen LogP contribution in [-0.4, -0.2) is 87.2 Å². The van der Waals surface area contributed by atoms with Crippen LogP contribution in [0.4, 0.5) is 11.6 Å². The second-order valence-electron chi connectivity index (χ2n) is 10.6. The molecule has 2 unspecified atom stereocenters. The summed E-state index contributed by atoms with van der Waals surface area (Å²) < 4.78 is 40.6. The number of sulfonamides is 1. The molecule has 1 aromatic carbocycles. The van der Waals surface area contributed by atoms with Crippen molar-refractivity contribution >= 4 is 66.3 Å². The number of carbonyl (C=O) groups is 2. The van der Waals surface area contributed by atoms with Gasteiger partial charge in [-0.05, 0) is 59.3 Å². The molecule has 1 aromatic heterocycles. The number of nitrogens with one attached hydrogen (secondary N) is 2. The number of nitrogens with zero attached hydrogens (tertiary/aromatic N) is 4. The third-order valence-electron chi connectivity index (χ3n) is 7.61. The Kier molecular flexibility index (Phi) is 7.74. The van der Waals surface area contributed by atoms with Crippen molar-refractivity contribution in [3.8, 4) is 0 Å². The highest BCUT2D eigenvalue weighted by atomic mass is 35.5. The topological polar surface area (TPSA) is 203 Å². The minimum Gasteiger partial charge on any atom is -0.382 e. The van der Waals surface area contributed by atoms with Crippen molar-refractivity contribution in [2.24, 2.45) is 4.99 Å². The van der Waals surface area contributed by atoms with E-state index in [0.29, 0.717) is 56.8 Å². The summed E-state index contributed by atoms with van der Waals surface area (Å²) in [5.74, 6) is 3.68. The van der Waals surface area contributed by atoms with Crippen LogP contribution in [-0.2, 0) is 19.5 Å². The standard InChI is InChI=1S/C25H31ClN8O5S2/c1-40(37)12-6-16(14-40)33-41(38,39)17-4-2-3-15(13-17)24(36)34-10-8-25(9-11-34)7-5-18(32-25)29-23(35)19-21(27)31-22(28)20(26)30-19/h2-4,13,16,33H,1,5-12,14H2,(H4,27,28,31)(H,29,32,35). The molecule has 0 bridgehead atoms. The SMILES string of the molecule is C=S1(=O)CCC(NS(=O)(=O)c2cccc(C(=O)N3CCC4(CCC(NC(=O)c5nc(Cl)c(N)nc5N)=N4)CC3)c2)C1. The van der Waals surface area contributed by atoms with Crippen LogP contribution in [0.2, 0.25) is 5.15 Å². The number of carbonyl (C=O) groups excluding carboxylic acids is 2. The first-order chi connectivity index (χ1) is 19.3. The lowest BCUT2D eigenvalue weighted by Gasteiger charge is -2.37. The Balaban J connectivity index is 1.21. The average molecular weight is 623 g/mol. The predicted molar refractivity (Wildman–Crippen MR) is 158 cm³/mol. The Morgan fingerprint density at radius 2 is 1.88 bits per heavy atom. The van der Waals surface area contributed by atoms with Gasteiger partial charge in [-0.15, -0.1) is 0 Å². The quantitative estimate of drug-likeness (QED) is 0.345. The van der Waals surface area contributed by atoms with E-state index in [1.165, 1.54) is 18.2 Å². The summed E-state index contributed by atoms with van der Waals surface area (Å²) in [6, 6.07) is 5.47. The number of nitrogens with two attached hydrogens (primary N) is 2. The fraction of sp³-hybridized carbons (Fsp3) is 0.440. The number of aromatic nitrogens is 2. The number of rotatable bonds is 5. The van der Waals surface area contributed by atoms with Gasteiger partial charge in [-0.2, -0.15) is 0 Å². The van der Waals surface area contributed by atoms with Gasteiger partial charge in [0, 0.05) is 42.6 Å². The highest BCUT2D eigenvalue weighted by Gasteiger charge is 2.40. The number of nitrogen functional groups attached to an aromatic ring is 2. The molecule has 0 aliphatic carbocycles. The third-order valence-corrected chi connectivity index (χ3v) is 11.4. The van der Waals surface area contributed by atoms with Gasteiger partial charge in [-0.3, -0.25) is 18.8 Å². The van der Waals surface area contributed by atoms with Crippen molar-refractivity contribution in [2.45, 2.75) is 48.6 Å². The molecule has 3 aliphatic rings. The van der Waals surface area contributed by atoms with E-state index in [-0.39, 0.29) is 44.6 Å². The summed E-state index contributed by atoms with van der Waals surface area (Å²) in [5.41, 5.74) is 11.0. The van der Waals surface area contributed by atoms with Gasteiger partial charge in [0.2, 0.25) is 10.0 Å². The van der Waals surface area contributed by atoms with E-state index in [2.05, 4.69) is 25.9 Å². The first kappa shape index (κ1) is 29.2. The number of hydrogen-bond acceptors (Lipinski definition) is 10. The Bertz CT molecular complexity index is 1650. The van der Waals surface area contributed by atoms with E-state index in [0.717, 1.165) is 0 Å². The summed E-state index contributed by atoms with van der Waals surface area (Å²) in [6.07, 6.45) is 2.86. The smallest absolute Gasteiger partial charge is 0.279 e.